The molecule has 0 saturated heterocycles. The van der Waals surface area contributed by atoms with E-state index >= 15 is 0 Å². The molecule has 0 aliphatic rings. The number of ether oxygens (including phenoxy) is 2. The summed E-state index contributed by atoms with van der Waals surface area (Å²) in [4.78, 5) is 26.0. The topological polar surface area (TPSA) is 80.4 Å². The molecule has 18 heavy (non-hydrogen) atoms. The van der Waals surface area contributed by atoms with Crippen LogP contribution in [0.15, 0.2) is 18.5 Å². The molecule has 1 atom stereocenters. The summed E-state index contributed by atoms with van der Waals surface area (Å²) in [5.41, 5.74) is -0.0178. The molecule has 1 aromatic heterocycles. The second kappa shape index (κ2) is 5.57. The van der Waals surface area contributed by atoms with Gasteiger partial charge in [0.1, 0.15) is 5.60 Å². The highest BCUT2D eigenvalue weighted by atomic mass is 16.6. The van der Waals surface area contributed by atoms with Gasteiger partial charge in [-0.3, -0.25) is 0 Å². The number of rotatable bonds is 3. The van der Waals surface area contributed by atoms with E-state index in [1.807, 2.05) is 0 Å². The maximum Gasteiger partial charge on any atom is 0.408 e. The summed E-state index contributed by atoms with van der Waals surface area (Å²) in [6.07, 6.45) is 2.60. The maximum atomic E-state index is 11.6. The Morgan fingerprint density at radius 2 is 2.06 bits per heavy atom. The van der Waals surface area contributed by atoms with Crippen LogP contribution in [0.2, 0.25) is 0 Å². The van der Waals surface area contributed by atoms with Crippen LogP contribution in [0.4, 0.5) is 4.79 Å². The number of esters is 1. The minimum Gasteiger partial charge on any atom is -0.467 e. The lowest BCUT2D eigenvalue weighted by Crippen LogP contribution is -2.38. The molecule has 0 aliphatic carbocycles. The van der Waals surface area contributed by atoms with Crippen molar-refractivity contribution in [3.8, 4) is 0 Å². The molecular formula is C12H18N2O4. The van der Waals surface area contributed by atoms with E-state index < -0.39 is 23.7 Å². The highest BCUT2D eigenvalue weighted by Crippen LogP contribution is 2.15. The summed E-state index contributed by atoms with van der Waals surface area (Å²) in [7, 11) is 1.26. The first-order valence-corrected chi connectivity index (χ1v) is 5.53. The predicted octanol–water partition coefficient (Wildman–Crippen LogP) is 1.75. The molecule has 1 heterocycles. The van der Waals surface area contributed by atoms with Gasteiger partial charge >= 0.3 is 12.1 Å². The van der Waals surface area contributed by atoms with E-state index in [1.165, 1.54) is 7.11 Å². The SMILES string of the molecule is COC(=O)C(NC(=O)OC(C)(C)C)c1cc[nH]c1. The van der Waals surface area contributed by atoms with Gasteiger partial charge in [0.05, 0.1) is 7.11 Å². The standard InChI is InChI=1S/C12H18N2O4/c1-12(2,3)18-11(16)14-9(10(15)17-4)8-5-6-13-7-8/h5-7,9,13H,1-4H3,(H,14,16). The molecule has 100 valence electrons. The van der Waals surface area contributed by atoms with Crippen LogP contribution in [0, 0.1) is 0 Å². The molecule has 1 rings (SSSR count). The van der Waals surface area contributed by atoms with Gasteiger partial charge in [-0.05, 0) is 26.8 Å². The Hall–Kier alpha value is -1.98. The molecule has 1 amide bonds. The second-order valence-corrected chi connectivity index (χ2v) is 4.75. The normalized spacial score (nSPS) is 12.7. The van der Waals surface area contributed by atoms with Gasteiger partial charge in [-0.25, -0.2) is 9.59 Å². The number of carbonyl (C=O) groups is 2. The molecule has 1 unspecified atom stereocenters. The number of alkyl carbamates (subject to hydrolysis) is 1. The lowest BCUT2D eigenvalue weighted by molar-refractivity contribution is -0.143. The average molecular weight is 254 g/mol. The molecule has 0 radical (unpaired) electrons. The molecule has 0 fully saturated rings. The smallest absolute Gasteiger partial charge is 0.408 e. The zero-order chi connectivity index (χ0) is 13.8. The van der Waals surface area contributed by atoms with Crippen LogP contribution in [-0.2, 0) is 14.3 Å². The number of aromatic nitrogens is 1. The summed E-state index contributed by atoms with van der Waals surface area (Å²) >= 11 is 0. The fraction of sp³-hybridized carbons (Fsp3) is 0.500. The van der Waals surface area contributed by atoms with E-state index in [9.17, 15) is 9.59 Å². The third-order valence-corrected chi connectivity index (χ3v) is 2.05. The van der Waals surface area contributed by atoms with Gasteiger partial charge < -0.3 is 19.8 Å². The third kappa shape index (κ3) is 4.12. The minimum atomic E-state index is -0.879. The van der Waals surface area contributed by atoms with Crippen molar-refractivity contribution in [3.63, 3.8) is 0 Å². The van der Waals surface area contributed by atoms with Crippen molar-refractivity contribution in [2.24, 2.45) is 0 Å². The number of hydrogen-bond donors (Lipinski definition) is 2. The Morgan fingerprint density at radius 1 is 1.39 bits per heavy atom. The minimum absolute atomic E-state index is 0.555. The number of nitrogens with one attached hydrogen (secondary N) is 2. The fourth-order valence-corrected chi connectivity index (χ4v) is 1.34. The van der Waals surface area contributed by atoms with Crippen molar-refractivity contribution in [3.05, 3.63) is 24.0 Å². The monoisotopic (exact) mass is 254 g/mol. The molecule has 0 aromatic carbocycles. The van der Waals surface area contributed by atoms with Gasteiger partial charge in [0, 0.05) is 18.0 Å². The van der Waals surface area contributed by atoms with Crippen LogP contribution in [0.1, 0.15) is 32.4 Å². The Morgan fingerprint density at radius 3 is 2.50 bits per heavy atom. The molecule has 1 aromatic rings. The zero-order valence-electron chi connectivity index (χ0n) is 10.9. The first-order chi connectivity index (χ1) is 8.33. The van der Waals surface area contributed by atoms with Crippen LogP contribution in [0.3, 0.4) is 0 Å². The maximum absolute atomic E-state index is 11.6. The first kappa shape index (κ1) is 14.1. The molecular weight excluding hydrogens is 236 g/mol. The number of methoxy groups -OCH3 is 1. The molecule has 0 bridgehead atoms. The molecule has 6 nitrogen and oxygen atoms in total. The second-order valence-electron chi connectivity index (χ2n) is 4.75. The van der Waals surface area contributed by atoms with Crippen LogP contribution in [0.25, 0.3) is 0 Å². The van der Waals surface area contributed by atoms with E-state index in [1.54, 1.807) is 39.2 Å². The van der Waals surface area contributed by atoms with Crippen LogP contribution in [-0.4, -0.2) is 29.8 Å². The summed E-state index contributed by atoms with van der Waals surface area (Å²) in [5, 5.41) is 2.47. The van der Waals surface area contributed by atoms with Crippen LogP contribution in [0.5, 0.6) is 0 Å². The van der Waals surface area contributed by atoms with Gasteiger partial charge in [0.2, 0.25) is 0 Å². The lowest BCUT2D eigenvalue weighted by atomic mass is 10.1. The molecule has 0 aliphatic heterocycles. The van der Waals surface area contributed by atoms with Gasteiger partial charge in [0.15, 0.2) is 6.04 Å². The van der Waals surface area contributed by atoms with Gasteiger partial charge in [-0.2, -0.15) is 0 Å². The molecule has 0 spiro atoms. The van der Waals surface area contributed by atoms with E-state index in [2.05, 4.69) is 15.0 Å². The van der Waals surface area contributed by atoms with Crippen LogP contribution < -0.4 is 5.32 Å². The predicted molar refractivity (Wildman–Crippen MR) is 64.9 cm³/mol. The van der Waals surface area contributed by atoms with Crippen molar-refractivity contribution in [1.82, 2.24) is 10.3 Å². The third-order valence-electron chi connectivity index (χ3n) is 2.05. The Balaban J connectivity index is 2.75. The fourth-order valence-electron chi connectivity index (χ4n) is 1.34. The average Bonchev–Trinajstić information content (AvgIpc) is 2.75. The summed E-state index contributed by atoms with van der Waals surface area (Å²) in [6.45, 7) is 5.24. The molecule has 6 heteroatoms. The summed E-state index contributed by atoms with van der Waals surface area (Å²) in [6, 6.07) is 0.801. The van der Waals surface area contributed by atoms with Crippen LogP contribution >= 0.6 is 0 Å². The van der Waals surface area contributed by atoms with Gasteiger partial charge in [-0.1, -0.05) is 0 Å². The molecule has 0 saturated carbocycles. The van der Waals surface area contributed by atoms with Crippen molar-refractivity contribution in [1.29, 1.82) is 0 Å². The van der Waals surface area contributed by atoms with E-state index in [4.69, 9.17) is 4.74 Å². The lowest BCUT2D eigenvalue weighted by Gasteiger charge is -2.22. The Bertz CT molecular complexity index is 406. The quantitative estimate of drug-likeness (QED) is 0.805. The Labute approximate surface area is 106 Å². The summed E-state index contributed by atoms with van der Waals surface area (Å²) in [5.74, 6) is -0.555. The largest absolute Gasteiger partial charge is 0.467 e. The van der Waals surface area contributed by atoms with Crippen molar-refractivity contribution >= 4 is 12.1 Å². The first-order valence-electron chi connectivity index (χ1n) is 5.53. The van der Waals surface area contributed by atoms with E-state index in [0.717, 1.165) is 0 Å². The van der Waals surface area contributed by atoms with Crippen molar-refractivity contribution < 1.29 is 19.1 Å². The Kier molecular flexibility index (Phi) is 4.36. The van der Waals surface area contributed by atoms with E-state index in [0.29, 0.717) is 5.56 Å². The van der Waals surface area contributed by atoms with Crippen molar-refractivity contribution in [2.75, 3.05) is 7.11 Å². The van der Waals surface area contributed by atoms with E-state index in [-0.39, 0.29) is 0 Å². The molecule has 2 N–H and O–H groups in total. The number of carbonyl (C=O) groups excluding carboxylic acids is 2. The van der Waals surface area contributed by atoms with Gasteiger partial charge in [-0.15, -0.1) is 0 Å². The number of amides is 1. The zero-order valence-corrected chi connectivity index (χ0v) is 10.9. The summed E-state index contributed by atoms with van der Waals surface area (Å²) < 4.78 is 9.74. The van der Waals surface area contributed by atoms with Crippen molar-refractivity contribution in [2.45, 2.75) is 32.4 Å². The highest BCUT2D eigenvalue weighted by Gasteiger charge is 2.26. The number of aromatic amines is 1. The number of hydrogen-bond acceptors (Lipinski definition) is 4. The number of H-pyrrole nitrogens is 1. The van der Waals surface area contributed by atoms with Gasteiger partial charge in [0.25, 0.3) is 0 Å². The highest BCUT2D eigenvalue weighted by molar-refractivity contribution is 5.82.